The second kappa shape index (κ2) is 7.27. The Kier molecular flexibility index (Phi) is 5.34. The number of rotatable bonds is 7. The van der Waals surface area contributed by atoms with Gasteiger partial charge in [0.15, 0.2) is 0 Å². The fourth-order valence-electron chi connectivity index (χ4n) is 2.10. The largest absolute Gasteiger partial charge is 0.489 e. The van der Waals surface area contributed by atoms with Crippen LogP contribution in [0.5, 0.6) is 5.75 Å². The SMILES string of the molecule is CCCCNc1ccccc1OCC1CCCO1. The van der Waals surface area contributed by atoms with E-state index in [0.29, 0.717) is 6.61 Å². The second-order valence-corrected chi connectivity index (χ2v) is 4.72. The fraction of sp³-hybridized carbons (Fsp3) is 0.600. The lowest BCUT2D eigenvalue weighted by molar-refractivity contribution is 0.0682. The first-order valence-corrected chi connectivity index (χ1v) is 6.97. The van der Waals surface area contributed by atoms with Crippen molar-refractivity contribution in [2.45, 2.75) is 38.7 Å². The van der Waals surface area contributed by atoms with Gasteiger partial charge in [0.05, 0.1) is 11.8 Å². The summed E-state index contributed by atoms with van der Waals surface area (Å²) in [7, 11) is 0. The smallest absolute Gasteiger partial charge is 0.142 e. The van der Waals surface area contributed by atoms with Crippen LogP contribution in [0.25, 0.3) is 0 Å². The highest BCUT2D eigenvalue weighted by Crippen LogP contribution is 2.25. The molecule has 1 fully saturated rings. The van der Waals surface area contributed by atoms with Crippen molar-refractivity contribution in [3.05, 3.63) is 24.3 Å². The van der Waals surface area contributed by atoms with Gasteiger partial charge in [0.25, 0.3) is 0 Å². The fourth-order valence-corrected chi connectivity index (χ4v) is 2.10. The molecule has 18 heavy (non-hydrogen) atoms. The van der Waals surface area contributed by atoms with Crippen molar-refractivity contribution in [3.8, 4) is 5.75 Å². The Morgan fingerprint density at radius 1 is 1.39 bits per heavy atom. The molecular weight excluding hydrogens is 226 g/mol. The molecule has 2 rings (SSSR count). The number of para-hydroxylation sites is 2. The Hall–Kier alpha value is -1.22. The van der Waals surface area contributed by atoms with Gasteiger partial charge >= 0.3 is 0 Å². The average Bonchev–Trinajstić information content (AvgIpc) is 2.91. The molecule has 1 aromatic carbocycles. The lowest BCUT2D eigenvalue weighted by Gasteiger charge is -2.15. The topological polar surface area (TPSA) is 30.5 Å². The van der Waals surface area contributed by atoms with Crippen molar-refractivity contribution in [1.82, 2.24) is 0 Å². The third-order valence-electron chi connectivity index (χ3n) is 3.18. The molecule has 0 bridgehead atoms. The summed E-state index contributed by atoms with van der Waals surface area (Å²) in [5.74, 6) is 0.934. The van der Waals surface area contributed by atoms with E-state index in [4.69, 9.17) is 9.47 Å². The number of nitrogens with one attached hydrogen (secondary N) is 1. The summed E-state index contributed by atoms with van der Waals surface area (Å²) in [6.45, 7) is 4.73. The molecule has 1 N–H and O–H groups in total. The van der Waals surface area contributed by atoms with Crippen LogP contribution in [-0.2, 0) is 4.74 Å². The molecule has 0 aromatic heterocycles. The summed E-state index contributed by atoms with van der Waals surface area (Å²) in [4.78, 5) is 0. The highest BCUT2D eigenvalue weighted by atomic mass is 16.5. The normalized spacial score (nSPS) is 18.8. The van der Waals surface area contributed by atoms with Gasteiger partial charge in [-0.3, -0.25) is 0 Å². The van der Waals surface area contributed by atoms with Crippen LogP contribution >= 0.6 is 0 Å². The van der Waals surface area contributed by atoms with Gasteiger partial charge in [0, 0.05) is 13.2 Å². The number of anilines is 1. The van der Waals surface area contributed by atoms with E-state index in [1.165, 1.54) is 12.8 Å². The van der Waals surface area contributed by atoms with Gasteiger partial charge in [-0.05, 0) is 31.4 Å². The molecule has 1 aliphatic rings. The number of ether oxygens (including phenoxy) is 2. The summed E-state index contributed by atoms with van der Waals surface area (Å²) in [6, 6.07) is 8.13. The minimum atomic E-state index is 0.272. The van der Waals surface area contributed by atoms with E-state index < -0.39 is 0 Å². The summed E-state index contributed by atoms with van der Waals surface area (Å²) in [6.07, 6.45) is 4.93. The van der Waals surface area contributed by atoms with E-state index in [0.717, 1.165) is 37.4 Å². The van der Waals surface area contributed by atoms with Crippen molar-refractivity contribution in [3.63, 3.8) is 0 Å². The third kappa shape index (κ3) is 3.91. The predicted molar refractivity (Wildman–Crippen MR) is 74.3 cm³/mol. The number of hydrogen-bond acceptors (Lipinski definition) is 3. The number of hydrogen-bond donors (Lipinski definition) is 1. The van der Waals surface area contributed by atoms with Gasteiger partial charge < -0.3 is 14.8 Å². The van der Waals surface area contributed by atoms with E-state index in [-0.39, 0.29) is 6.10 Å². The Morgan fingerprint density at radius 3 is 3.06 bits per heavy atom. The minimum Gasteiger partial charge on any atom is -0.489 e. The van der Waals surface area contributed by atoms with E-state index >= 15 is 0 Å². The van der Waals surface area contributed by atoms with Crippen LogP contribution in [0.2, 0.25) is 0 Å². The van der Waals surface area contributed by atoms with Crippen molar-refractivity contribution >= 4 is 5.69 Å². The minimum absolute atomic E-state index is 0.272. The monoisotopic (exact) mass is 249 g/mol. The Morgan fingerprint density at radius 2 is 2.28 bits per heavy atom. The maximum absolute atomic E-state index is 5.86. The Balaban J connectivity index is 1.85. The third-order valence-corrected chi connectivity index (χ3v) is 3.18. The van der Waals surface area contributed by atoms with Gasteiger partial charge in [-0.1, -0.05) is 25.5 Å². The Labute approximate surface area is 109 Å². The first-order chi connectivity index (χ1) is 8.90. The summed E-state index contributed by atoms with van der Waals surface area (Å²) in [5.41, 5.74) is 1.09. The van der Waals surface area contributed by atoms with Gasteiger partial charge in [-0.2, -0.15) is 0 Å². The molecule has 0 aliphatic carbocycles. The highest BCUT2D eigenvalue weighted by Gasteiger charge is 2.16. The molecule has 1 aromatic rings. The zero-order valence-corrected chi connectivity index (χ0v) is 11.2. The zero-order valence-electron chi connectivity index (χ0n) is 11.2. The van der Waals surface area contributed by atoms with Gasteiger partial charge in [0.2, 0.25) is 0 Å². The molecule has 0 spiro atoms. The molecule has 0 radical (unpaired) electrons. The molecule has 0 saturated carbocycles. The summed E-state index contributed by atoms with van der Waals surface area (Å²) in [5, 5.41) is 3.42. The maximum atomic E-state index is 5.86. The van der Waals surface area contributed by atoms with Crippen LogP contribution < -0.4 is 10.1 Å². The van der Waals surface area contributed by atoms with E-state index in [1.807, 2.05) is 18.2 Å². The molecular formula is C15H23NO2. The molecule has 1 atom stereocenters. The number of unbranched alkanes of at least 4 members (excludes halogenated alkanes) is 1. The second-order valence-electron chi connectivity index (χ2n) is 4.72. The Bertz CT molecular complexity index is 348. The zero-order chi connectivity index (χ0) is 12.6. The van der Waals surface area contributed by atoms with Gasteiger partial charge in [0.1, 0.15) is 12.4 Å². The molecule has 100 valence electrons. The first-order valence-electron chi connectivity index (χ1n) is 6.97. The van der Waals surface area contributed by atoms with Crippen molar-refractivity contribution in [2.75, 3.05) is 25.1 Å². The first kappa shape index (κ1) is 13.2. The molecule has 1 heterocycles. The molecule has 1 aliphatic heterocycles. The average molecular weight is 249 g/mol. The molecule has 3 nitrogen and oxygen atoms in total. The van der Waals surface area contributed by atoms with Crippen LogP contribution in [0.1, 0.15) is 32.6 Å². The number of benzene rings is 1. The highest BCUT2D eigenvalue weighted by molar-refractivity contribution is 5.56. The van der Waals surface area contributed by atoms with Crippen LogP contribution in [0, 0.1) is 0 Å². The lowest BCUT2D eigenvalue weighted by atomic mass is 10.2. The van der Waals surface area contributed by atoms with Gasteiger partial charge in [-0.25, -0.2) is 0 Å². The molecule has 1 unspecified atom stereocenters. The quantitative estimate of drug-likeness (QED) is 0.751. The molecule has 1 saturated heterocycles. The standard InChI is InChI=1S/C15H23NO2/c1-2-3-10-16-14-8-4-5-9-15(14)18-12-13-7-6-11-17-13/h4-5,8-9,13,16H,2-3,6-7,10-12H2,1H3. The van der Waals surface area contributed by atoms with Crippen molar-refractivity contribution in [1.29, 1.82) is 0 Å². The maximum Gasteiger partial charge on any atom is 0.142 e. The molecule has 0 amide bonds. The van der Waals surface area contributed by atoms with E-state index in [1.54, 1.807) is 0 Å². The van der Waals surface area contributed by atoms with Crippen LogP contribution in [-0.4, -0.2) is 25.9 Å². The van der Waals surface area contributed by atoms with E-state index in [9.17, 15) is 0 Å². The van der Waals surface area contributed by atoms with Gasteiger partial charge in [-0.15, -0.1) is 0 Å². The van der Waals surface area contributed by atoms with Crippen LogP contribution in [0.15, 0.2) is 24.3 Å². The van der Waals surface area contributed by atoms with Crippen LogP contribution in [0.3, 0.4) is 0 Å². The predicted octanol–water partition coefficient (Wildman–Crippen LogP) is 3.46. The lowest BCUT2D eigenvalue weighted by Crippen LogP contribution is -2.17. The molecule has 3 heteroatoms. The van der Waals surface area contributed by atoms with Crippen molar-refractivity contribution < 1.29 is 9.47 Å². The van der Waals surface area contributed by atoms with Crippen molar-refractivity contribution in [2.24, 2.45) is 0 Å². The van der Waals surface area contributed by atoms with Crippen LogP contribution in [0.4, 0.5) is 5.69 Å². The van der Waals surface area contributed by atoms with E-state index in [2.05, 4.69) is 18.3 Å². The summed E-state index contributed by atoms with van der Waals surface area (Å²) < 4.78 is 11.4. The summed E-state index contributed by atoms with van der Waals surface area (Å²) >= 11 is 0.